The molecular formula is C23H31FN2O6. The zero-order chi connectivity index (χ0) is 23.7. The van der Waals surface area contributed by atoms with Gasteiger partial charge in [-0.1, -0.05) is 30.3 Å². The van der Waals surface area contributed by atoms with Gasteiger partial charge in [-0.05, 0) is 45.6 Å². The summed E-state index contributed by atoms with van der Waals surface area (Å²) in [6.07, 6.45) is 0.643. The van der Waals surface area contributed by atoms with E-state index in [9.17, 15) is 23.6 Å². The molecule has 1 aliphatic rings. The van der Waals surface area contributed by atoms with Crippen molar-refractivity contribution in [2.24, 2.45) is 0 Å². The summed E-state index contributed by atoms with van der Waals surface area (Å²) in [5.74, 6) is -2.29. The second kappa shape index (κ2) is 11.6. The maximum Gasteiger partial charge on any atom is 0.410 e. The molecule has 2 amide bonds. The van der Waals surface area contributed by atoms with E-state index in [1.165, 1.54) is 4.90 Å². The molecule has 176 valence electrons. The first kappa shape index (κ1) is 25.3. The summed E-state index contributed by atoms with van der Waals surface area (Å²) in [6, 6.07) is 6.89. The number of carbonyl (C=O) groups excluding carboxylic acids is 4. The first-order valence-electron chi connectivity index (χ1n) is 10.7. The van der Waals surface area contributed by atoms with Crippen molar-refractivity contribution >= 4 is 23.8 Å². The van der Waals surface area contributed by atoms with Gasteiger partial charge in [0.1, 0.15) is 31.0 Å². The van der Waals surface area contributed by atoms with Gasteiger partial charge in [-0.25, -0.2) is 9.18 Å². The van der Waals surface area contributed by atoms with Gasteiger partial charge < -0.3 is 14.8 Å². The SMILES string of the molecule is CC(C)(C)OC(=O)C[C@H](NC(=O)[C@@H]1CCCCN1C(=O)OCc1ccccc1)C(=O)CF. The number of benzene rings is 1. The first-order chi connectivity index (χ1) is 15.1. The third-order valence-corrected chi connectivity index (χ3v) is 4.87. The van der Waals surface area contributed by atoms with Crippen LogP contribution in [-0.4, -0.2) is 59.6 Å². The van der Waals surface area contributed by atoms with Gasteiger partial charge in [-0.3, -0.25) is 19.3 Å². The summed E-state index contributed by atoms with van der Waals surface area (Å²) in [5, 5.41) is 2.43. The number of amides is 2. The number of carbonyl (C=O) groups is 4. The van der Waals surface area contributed by atoms with Gasteiger partial charge in [0.2, 0.25) is 5.91 Å². The highest BCUT2D eigenvalue weighted by atomic mass is 19.1. The lowest BCUT2D eigenvalue weighted by Crippen LogP contribution is -2.55. The number of piperidine rings is 1. The van der Waals surface area contributed by atoms with Gasteiger partial charge in [-0.15, -0.1) is 0 Å². The Morgan fingerprint density at radius 2 is 1.84 bits per heavy atom. The zero-order valence-electron chi connectivity index (χ0n) is 18.8. The Balaban J connectivity index is 2.03. The van der Waals surface area contributed by atoms with Gasteiger partial charge in [0.15, 0.2) is 5.78 Å². The normalized spacial score (nSPS) is 17.2. The molecule has 1 aliphatic heterocycles. The summed E-state index contributed by atoms with van der Waals surface area (Å²) >= 11 is 0. The quantitative estimate of drug-likeness (QED) is 0.611. The van der Waals surface area contributed by atoms with Crippen molar-refractivity contribution in [3.63, 3.8) is 0 Å². The van der Waals surface area contributed by atoms with E-state index in [0.29, 0.717) is 25.8 Å². The molecule has 0 saturated carbocycles. The van der Waals surface area contributed by atoms with Crippen LogP contribution >= 0.6 is 0 Å². The van der Waals surface area contributed by atoms with Crippen molar-refractivity contribution in [3.05, 3.63) is 35.9 Å². The van der Waals surface area contributed by atoms with Crippen molar-refractivity contribution in [2.45, 2.75) is 70.7 Å². The number of esters is 1. The first-order valence-corrected chi connectivity index (χ1v) is 10.7. The molecule has 1 fully saturated rings. The number of rotatable bonds is 8. The van der Waals surface area contributed by atoms with Gasteiger partial charge in [0.25, 0.3) is 0 Å². The van der Waals surface area contributed by atoms with E-state index in [1.54, 1.807) is 20.8 Å². The topological polar surface area (TPSA) is 102 Å². The van der Waals surface area contributed by atoms with Crippen LogP contribution in [0.15, 0.2) is 30.3 Å². The summed E-state index contributed by atoms with van der Waals surface area (Å²) in [4.78, 5) is 50.9. The Hall–Kier alpha value is -2.97. The Kier molecular flexibility index (Phi) is 9.16. The van der Waals surface area contributed by atoms with E-state index in [2.05, 4.69) is 5.32 Å². The minimum absolute atomic E-state index is 0.0616. The molecule has 0 unspecified atom stereocenters. The van der Waals surface area contributed by atoms with Crippen LogP contribution in [0.1, 0.15) is 52.0 Å². The largest absolute Gasteiger partial charge is 0.460 e. The average Bonchev–Trinajstić information content (AvgIpc) is 2.75. The van der Waals surface area contributed by atoms with Crippen molar-refractivity contribution in [1.29, 1.82) is 0 Å². The molecule has 9 heteroatoms. The van der Waals surface area contributed by atoms with E-state index >= 15 is 0 Å². The number of ether oxygens (including phenoxy) is 2. The van der Waals surface area contributed by atoms with Crippen LogP contribution < -0.4 is 5.32 Å². The predicted octanol–water partition coefficient (Wildman–Crippen LogP) is 2.93. The van der Waals surface area contributed by atoms with Gasteiger partial charge >= 0.3 is 12.1 Å². The molecule has 1 saturated heterocycles. The van der Waals surface area contributed by atoms with E-state index in [4.69, 9.17) is 9.47 Å². The molecule has 1 heterocycles. The van der Waals surface area contributed by atoms with Crippen LogP contribution in [0.2, 0.25) is 0 Å². The molecule has 2 atom stereocenters. The molecule has 1 aromatic carbocycles. The average molecular weight is 451 g/mol. The van der Waals surface area contributed by atoms with Crippen LogP contribution in [0.5, 0.6) is 0 Å². The molecule has 1 N–H and O–H groups in total. The number of ketones is 1. The molecular weight excluding hydrogens is 419 g/mol. The fraction of sp³-hybridized carbons (Fsp3) is 0.565. The van der Waals surface area contributed by atoms with E-state index < -0.39 is 54.5 Å². The Morgan fingerprint density at radius 1 is 1.16 bits per heavy atom. The number of halogens is 1. The molecule has 8 nitrogen and oxygen atoms in total. The second-order valence-electron chi connectivity index (χ2n) is 8.70. The number of Topliss-reactive ketones (excluding diaryl/α,β-unsaturated/α-hetero) is 1. The van der Waals surface area contributed by atoms with Crippen LogP contribution in [0.4, 0.5) is 9.18 Å². The van der Waals surface area contributed by atoms with Crippen molar-refractivity contribution in [2.75, 3.05) is 13.2 Å². The number of nitrogens with zero attached hydrogens (tertiary/aromatic N) is 1. The summed E-state index contributed by atoms with van der Waals surface area (Å²) in [5.41, 5.74) is 0.0254. The number of alkyl halides is 1. The number of hydrogen-bond donors (Lipinski definition) is 1. The summed E-state index contributed by atoms with van der Waals surface area (Å²) in [7, 11) is 0. The lowest BCUT2D eigenvalue weighted by Gasteiger charge is -2.34. The van der Waals surface area contributed by atoms with E-state index in [1.807, 2.05) is 30.3 Å². The van der Waals surface area contributed by atoms with Crippen molar-refractivity contribution in [1.82, 2.24) is 10.2 Å². The Morgan fingerprint density at radius 3 is 2.47 bits per heavy atom. The van der Waals surface area contributed by atoms with Crippen molar-refractivity contribution in [3.8, 4) is 0 Å². The molecule has 0 radical (unpaired) electrons. The summed E-state index contributed by atoms with van der Waals surface area (Å²) < 4.78 is 23.6. The van der Waals surface area contributed by atoms with Crippen LogP contribution in [0.25, 0.3) is 0 Å². The van der Waals surface area contributed by atoms with E-state index in [-0.39, 0.29) is 6.61 Å². The van der Waals surface area contributed by atoms with Gasteiger partial charge in [-0.2, -0.15) is 0 Å². The smallest absolute Gasteiger partial charge is 0.410 e. The highest BCUT2D eigenvalue weighted by Crippen LogP contribution is 2.19. The van der Waals surface area contributed by atoms with Crippen LogP contribution in [-0.2, 0) is 30.5 Å². The molecule has 0 bridgehead atoms. The lowest BCUT2D eigenvalue weighted by molar-refractivity contribution is -0.156. The highest BCUT2D eigenvalue weighted by molar-refractivity contribution is 5.95. The maximum atomic E-state index is 13.0. The van der Waals surface area contributed by atoms with E-state index in [0.717, 1.165) is 5.56 Å². The van der Waals surface area contributed by atoms with Crippen LogP contribution in [0, 0.1) is 0 Å². The second-order valence-corrected chi connectivity index (χ2v) is 8.70. The maximum absolute atomic E-state index is 13.0. The van der Waals surface area contributed by atoms with Crippen LogP contribution in [0.3, 0.4) is 0 Å². The Labute approximate surface area is 187 Å². The molecule has 0 aliphatic carbocycles. The fourth-order valence-corrected chi connectivity index (χ4v) is 3.38. The highest BCUT2D eigenvalue weighted by Gasteiger charge is 2.36. The Bertz CT molecular complexity index is 808. The molecule has 0 aromatic heterocycles. The third-order valence-electron chi connectivity index (χ3n) is 4.87. The summed E-state index contributed by atoms with van der Waals surface area (Å²) in [6.45, 7) is 4.04. The minimum atomic E-state index is -1.37. The number of nitrogens with one attached hydrogen (secondary N) is 1. The molecule has 0 spiro atoms. The third kappa shape index (κ3) is 7.94. The molecule has 2 rings (SSSR count). The molecule has 32 heavy (non-hydrogen) atoms. The van der Waals surface area contributed by atoms with Gasteiger partial charge in [0, 0.05) is 6.54 Å². The fourth-order valence-electron chi connectivity index (χ4n) is 3.38. The monoisotopic (exact) mass is 450 g/mol. The number of hydrogen-bond acceptors (Lipinski definition) is 6. The predicted molar refractivity (Wildman–Crippen MR) is 114 cm³/mol. The minimum Gasteiger partial charge on any atom is -0.460 e. The zero-order valence-corrected chi connectivity index (χ0v) is 18.8. The lowest BCUT2D eigenvalue weighted by atomic mass is 10.0. The van der Waals surface area contributed by atoms with Crippen molar-refractivity contribution < 1.29 is 33.0 Å². The van der Waals surface area contributed by atoms with Gasteiger partial charge in [0.05, 0.1) is 6.42 Å². The molecule has 1 aromatic rings. The standard InChI is InChI=1S/C23H31FN2O6/c1-23(2,3)32-20(28)13-17(19(27)14-24)25-21(29)18-11-7-8-12-26(18)22(30)31-15-16-9-5-4-6-10-16/h4-6,9-10,17-18H,7-8,11-15H2,1-3H3,(H,25,29)/t17-,18-/m0/s1. The number of likely N-dealkylation sites (tertiary alicyclic amines) is 1.